The van der Waals surface area contributed by atoms with Crippen molar-refractivity contribution in [3.05, 3.63) is 76.2 Å². The number of benzene rings is 2. The standard InChI is InChI=1S/C24H28N4O2/c1-17-13-14-19-9-7-8-12-21(19)27(17)16-15-22(29)25-23-18(2)26(3)28(24(23)30)20-10-5-4-6-11-20/h4-12,17H,13-16H2,1-3H3,(H,25,29). The number of aryl methyl sites for hydroxylation is 1. The van der Waals surface area contributed by atoms with Gasteiger partial charge in [-0.3, -0.25) is 14.3 Å². The maximum absolute atomic E-state index is 13.0. The van der Waals surface area contributed by atoms with Gasteiger partial charge in [0.05, 0.1) is 11.4 Å². The van der Waals surface area contributed by atoms with E-state index in [1.165, 1.54) is 11.3 Å². The molecule has 156 valence electrons. The molecule has 6 nitrogen and oxygen atoms in total. The van der Waals surface area contributed by atoms with Crippen LogP contribution in [0.1, 0.15) is 31.0 Å². The number of fused-ring (bicyclic) bond motifs is 1. The summed E-state index contributed by atoms with van der Waals surface area (Å²) in [6, 6.07) is 18.2. The quantitative estimate of drug-likeness (QED) is 0.706. The fourth-order valence-corrected chi connectivity index (χ4v) is 4.24. The van der Waals surface area contributed by atoms with Gasteiger partial charge in [0.2, 0.25) is 5.91 Å². The molecule has 0 fully saturated rings. The molecule has 6 heteroatoms. The van der Waals surface area contributed by atoms with Crippen molar-refractivity contribution < 1.29 is 4.79 Å². The first-order valence-corrected chi connectivity index (χ1v) is 10.5. The van der Waals surface area contributed by atoms with E-state index in [2.05, 4.69) is 35.3 Å². The maximum atomic E-state index is 13.0. The molecule has 2 aromatic carbocycles. The molecular formula is C24H28N4O2. The molecule has 0 spiro atoms. The Morgan fingerprint density at radius 2 is 1.80 bits per heavy atom. The molecule has 2 heterocycles. The second-order valence-electron chi connectivity index (χ2n) is 7.94. The van der Waals surface area contributed by atoms with E-state index in [1.807, 2.05) is 50.4 Å². The number of amides is 1. The van der Waals surface area contributed by atoms with Crippen LogP contribution in [-0.4, -0.2) is 27.9 Å². The number of carbonyl (C=O) groups excluding carboxylic acids is 1. The number of rotatable bonds is 5. The molecule has 1 unspecified atom stereocenters. The van der Waals surface area contributed by atoms with E-state index in [9.17, 15) is 9.59 Å². The van der Waals surface area contributed by atoms with Crippen molar-refractivity contribution in [3.8, 4) is 5.69 Å². The first-order valence-electron chi connectivity index (χ1n) is 10.5. The van der Waals surface area contributed by atoms with E-state index >= 15 is 0 Å². The third kappa shape index (κ3) is 3.65. The molecule has 1 N–H and O–H groups in total. The second-order valence-corrected chi connectivity index (χ2v) is 7.94. The Morgan fingerprint density at radius 1 is 1.10 bits per heavy atom. The van der Waals surface area contributed by atoms with E-state index in [1.54, 1.807) is 9.36 Å². The number of anilines is 2. The number of nitrogens with one attached hydrogen (secondary N) is 1. The summed E-state index contributed by atoms with van der Waals surface area (Å²) in [5, 5.41) is 2.87. The van der Waals surface area contributed by atoms with Crippen LogP contribution in [-0.2, 0) is 18.3 Å². The molecular weight excluding hydrogens is 376 g/mol. The van der Waals surface area contributed by atoms with Crippen LogP contribution in [0.3, 0.4) is 0 Å². The molecule has 1 aliphatic rings. The van der Waals surface area contributed by atoms with Crippen LogP contribution in [0.15, 0.2) is 59.4 Å². The number of para-hydroxylation sites is 2. The van der Waals surface area contributed by atoms with Crippen molar-refractivity contribution in [2.24, 2.45) is 7.05 Å². The van der Waals surface area contributed by atoms with Crippen LogP contribution in [0.5, 0.6) is 0 Å². The van der Waals surface area contributed by atoms with Gasteiger partial charge in [-0.2, -0.15) is 0 Å². The Balaban J connectivity index is 1.50. The van der Waals surface area contributed by atoms with E-state index in [-0.39, 0.29) is 11.5 Å². The second kappa shape index (κ2) is 8.22. The monoisotopic (exact) mass is 404 g/mol. The van der Waals surface area contributed by atoms with Crippen LogP contribution in [0.25, 0.3) is 5.69 Å². The summed E-state index contributed by atoms with van der Waals surface area (Å²) in [6.45, 7) is 4.68. The van der Waals surface area contributed by atoms with Gasteiger partial charge in [0.1, 0.15) is 5.69 Å². The number of hydrogen-bond donors (Lipinski definition) is 1. The Hall–Kier alpha value is -3.28. The molecule has 1 aromatic heterocycles. The number of carbonyl (C=O) groups is 1. The van der Waals surface area contributed by atoms with Crippen LogP contribution in [0.4, 0.5) is 11.4 Å². The van der Waals surface area contributed by atoms with Crippen molar-refractivity contribution >= 4 is 17.3 Å². The van der Waals surface area contributed by atoms with E-state index in [0.717, 1.165) is 24.2 Å². The van der Waals surface area contributed by atoms with Gasteiger partial charge < -0.3 is 10.2 Å². The highest BCUT2D eigenvalue weighted by molar-refractivity contribution is 5.91. The Bertz CT molecular complexity index is 1110. The summed E-state index contributed by atoms with van der Waals surface area (Å²) < 4.78 is 3.35. The summed E-state index contributed by atoms with van der Waals surface area (Å²) in [6.07, 6.45) is 2.48. The fraction of sp³-hybridized carbons (Fsp3) is 0.333. The summed E-state index contributed by atoms with van der Waals surface area (Å²) in [7, 11) is 1.83. The van der Waals surface area contributed by atoms with Gasteiger partial charge in [-0.1, -0.05) is 36.4 Å². The first-order chi connectivity index (χ1) is 14.5. The molecule has 30 heavy (non-hydrogen) atoms. The lowest BCUT2D eigenvalue weighted by molar-refractivity contribution is -0.116. The summed E-state index contributed by atoms with van der Waals surface area (Å²) in [4.78, 5) is 28.0. The molecule has 0 radical (unpaired) electrons. The third-order valence-corrected chi connectivity index (χ3v) is 6.06. The number of hydrogen-bond acceptors (Lipinski definition) is 3. The first kappa shape index (κ1) is 20.0. The van der Waals surface area contributed by atoms with Gasteiger partial charge in [-0.25, -0.2) is 4.68 Å². The number of aromatic nitrogens is 2. The van der Waals surface area contributed by atoms with Gasteiger partial charge in [-0.05, 0) is 50.5 Å². The van der Waals surface area contributed by atoms with Crippen LogP contribution < -0.4 is 15.8 Å². The predicted molar refractivity (Wildman–Crippen MR) is 121 cm³/mol. The maximum Gasteiger partial charge on any atom is 0.295 e. The van der Waals surface area contributed by atoms with Crippen molar-refractivity contribution in [2.75, 3.05) is 16.8 Å². The zero-order chi connectivity index (χ0) is 21.3. The van der Waals surface area contributed by atoms with Crippen molar-refractivity contribution in [1.82, 2.24) is 9.36 Å². The zero-order valence-corrected chi connectivity index (χ0v) is 17.8. The van der Waals surface area contributed by atoms with Crippen LogP contribution >= 0.6 is 0 Å². The fourth-order valence-electron chi connectivity index (χ4n) is 4.24. The lowest BCUT2D eigenvalue weighted by atomic mass is 9.96. The molecule has 1 atom stereocenters. The SMILES string of the molecule is Cc1c(NC(=O)CCN2c3ccccc3CCC2C)c(=O)n(-c2ccccc2)n1C. The Kier molecular flexibility index (Phi) is 5.48. The average Bonchev–Trinajstić information content (AvgIpc) is 2.96. The smallest absolute Gasteiger partial charge is 0.295 e. The largest absolute Gasteiger partial charge is 0.368 e. The summed E-state index contributed by atoms with van der Waals surface area (Å²) in [5.41, 5.74) is 4.18. The zero-order valence-electron chi connectivity index (χ0n) is 17.8. The summed E-state index contributed by atoms with van der Waals surface area (Å²) in [5.74, 6) is -0.142. The molecule has 4 rings (SSSR count). The minimum atomic E-state index is -0.216. The molecule has 1 amide bonds. The van der Waals surface area contributed by atoms with Crippen molar-refractivity contribution in [1.29, 1.82) is 0 Å². The highest BCUT2D eigenvalue weighted by Gasteiger charge is 2.24. The minimum Gasteiger partial charge on any atom is -0.368 e. The Morgan fingerprint density at radius 3 is 2.57 bits per heavy atom. The Labute approximate surface area is 176 Å². The van der Waals surface area contributed by atoms with Gasteiger partial charge in [0.15, 0.2) is 0 Å². The molecule has 0 bridgehead atoms. The third-order valence-electron chi connectivity index (χ3n) is 6.06. The van der Waals surface area contributed by atoms with E-state index in [4.69, 9.17) is 0 Å². The molecule has 0 saturated heterocycles. The van der Waals surface area contributed by atoms with E-state index < -0.39 is 0 Å². The van der Waals surface area contributed by atoms with Gasteiger partial charge >= 0.3 is 0 Å². The summed E-state index contributed by atoms with van der Waals surface area (Å²) >= 11 is 0. The lowest BCUT2D eigenvalue weighted by Gasteiger charge is -2.37. The van der Waals surface area contributed by atoms with E-state index in [0.29, 0.717) is 24.7 Å². The topological polar surface area (TPSA) is 59.3 Å². The van der Waals surface area contributed by atoms with Crippen LogP contribution in [0, 0.1) is 6.92 Å². The predicted octanol–water partition coefficient (Wildman–Crippen LogP) is 3.65. The van der Waals surface area contributed by atoms with Gasteiger partial charge in [-0.15, -0.1) is 0 Å². The van der Waals surface area contributed by atoms with Crippen molar-refractivity contribution in [3.63, 3.8) is 0 Å². The van der Waals surface area contributed by atoms with Gasteiger partial charge in [0, 0.05) is 31.7 Å². The van der Waals surface area contributed by atoms with Crippen LogP contribution in [0.2, 0.25) is 0 Å². The molecule has 0 aliphatic carbocycles. The average molecular weight is 405 g/mol. The normalized spacial score (nSPS) is 15.7. The van der Waals surface area contributed by atoms with Gasteiger partial charge in [0.25, 0.3) is 5.56 Å². The minimum absolute atomic E-state index is 0.142. The van der Waals surface area contributed by atoms with Crippen molar-refractivity contribution in [2.45, 2.75) is 39.2 Å². The molecule has 0 saturated carbocycles. The molecule has 1 aliphatic heterocycles. The highest BCUT2D eigenvalue weighted by Crippen LogP contribution is 2.30. The highest BCUT2D eigenvalue weighted by atomic mass is 16.2. The lowest BCUT2D eigenvalue weighted by Crippen LogP contribution is -2.39. The number of nitrogens with zero attached hydrogens (tertiary/aromatic N) is 3. The molecule has 3 aromatic rings.